The van der Waals surface area contributed by atoms with Crippen LogP contribution in [0.25, 0.3) is 0 Å². The highest BCUT2D eigenvalue weighted by Gasteiger charge is 2.29. The van der Waals surface area contributed by atoms with Gasteiger partial charge in [0.1, 0.15) is 0 Å². The zero-order chi connectivity index (χ0) is 14.7. The first-order valence-electron chi connectivity index (χ1n) is 7.11. The molecule has 1 aliphatic heterocycles. The zero-order valence-corrected chi connectivity index (χ0v) is 13.1. The first kappa shape index (κ1) is 15.2. The van der Waals surface area contributed by atoms with Gasteiger partial charge in [-0.1, -0.05) is 13.8 Å². The van der Waals surface area contributed by atoms with Gasteiger partial charge >= 0.3 is 0 Å². The number of piperidine rings is 1. The van der Waals surface area contributed by atoms with E-state index < -0.39 is 0 Å². The van der Waals surface area contributed by atoms with E-state index in [-0.39, 0.29) is 11.2 Å². The van der Waals surface area contributed by atoms with Crippen LogP contribution < -0.4 is 4.73 Å². The van der Waals surface area contributed by atoms with Crippen LogP contribution in [0.5, 0.6) is 0 Å². The van der Waals surface area contributed by atoms with Crippen LogP contribution >= 0.6 is 11.8 Å². The van der Waals surface area contributed by atoms with E-state index in [0.29, 0.717) is 16.9 Å². The fourth-order valence-corrected chi connectivity index (χ4v) is 3.77. The standard InChI is InChI=1S/C15H22N2O2S/c1-11-8-12(2)10-16(9-11)15(18)13(3)20-14-6-4-5-7-17(14)19/h4-7,11-13H,8-10H2,1-3H3/t11-,12-,13+/m1/s1. The van der Waals surface area contributed by atoms with Crippen molar-refractivity contribution in [1.29, 1.82) is 0 Å². The smallest absolute Gasteiger partial charge is 0.252 e. The summed E-state index contributed by atoms with van der Waals surface area (Å²) in [7, 11) is 0. The van der Waals surface area contributed by atoms with Crippen LogP contribution in [0.2, 0.25) is 0 Å². The Labute approximate surface area is 124 Å². The summed E-state index contributed by atoms with van der Waals surface area (Å²) in [6.07, 6.45) is 2.65. The van der Waals surface area contributed by atoms with Crippen molar-refractivity contribution in [1.82, 2.24) is 4.90 Å². The van der Waals surface area contributed by atoms with Gasteiger partial charge in [-0.15, -0.1) is 0 Å². The highest BCUT2D eigenvalue weighted by Crippen LogP contribution is 2.26. The third kappa shape index (κ3) is 3.66. The van der Waals surface area contributed by atoms with Crippen molar-refractivity contribution >= 4 is 17.7 Å². The van der Waals surface area contributed by atoms with Crippen LogP contribution in [-0.4, -0.2) is 29.1 Å². The lowest BCUT2D eigenvalue weighted by Gasteiger charge is -2.36. The summed E-state index contributed by atoms with van der Waals surface area (Å²) >= 11 is 1.33. The van der Waals surface area contributed by atoms with E-state index in [4.69, 9.17) is 0 Å². The predicted molar refractivity (Wildman–Crippen MR) is 80.2 cm³/mol. The fourth-order valence-electron chi connectivity index (χ4n) is 2.84. The van der Waals surface area contributed by atoms with Crippen molar-refractivity contribution in [2.75, 3.05) is 13.1 Å². The molecule has 1 aliphatic rings. The Balaban J connectivity index is 2.00. The second kappa shape index (κ2) is 6.48. The lowest BCUT2D eigenvalue weighted by atomic mass is 9.92. The largest absolute Gasteiger partial charge is 0.618 e. The molecule has 3 atom stereocenters. The van der Waals surface area contributed by atoms with Crippen molar-refractivity contribution in [2.24, 2.45) is 11.8 Å². The Morgan fingerprint density at radius 2 is 2.05 bits per heavy atom. The minimum Gasteiger partial charge on any atom is -0.618 e. The van der Waals surface area contributed by atoms with Crippen LogP contribution in [0.3, 0.4) is 0 Å². The molecule has 110 valence electrons. The van der Waals surface area contributed by atoms with Gasteiger partial charge in [0.15, 0.2) is 6.20 Å². The summed E-state index contributed by atoms with van der Waals surface area (Å²) in [4.78, 5) is 14.5. The van der Waals surface area contributed by atoms with Gasteiger partial charge in [-0.05, 0) is 43.0 Å². The number of rotatable bonds is 3. The first-order valence-corrected chi connectivity index (χ1v) is 7.99. The SMILES string of the molecule is C[C@@H]1C[C@@H](C)CN(C(=O)[C@H](C)Sc2cccc[n+]2[O-])C1. The average Bonchev–Trinajstić information content (AvgIpc) is 2.39. The number of thioether (sulfide) groups is 1. The van der Waals surface area contributed by atoms with Crippen molar-refractivity contribution in [2.45, 2.75) is 37.5 Å². The fraction of sp³-hybridized carbons (Fsp3) is 0.600. The Morgan fingerprint density at radius 1 is 1.40 bits per heavy atom. The number of pyridine rings is 1. The highest BCUT2D eigenvalue weighted by atomic mass is 32.2. The van der Waals surface area contributed by atoms with Gasteiger partial charge in [-0.25, -0.2) is 0 Å². The van der Waals surface area contributed by atoms with Crippen molar-refractivity contribution in [3.63, 3.8) is 0 Å². The summed E-state index contributed by atoms with van der Waals surface area (Å²) in [5.74, 6) is 1.25. The number of carbonyl (C=O) groups excluding carboxylic acids is 1. The van der Waals surface area contributed by atoms with Crippen LogP contribution in [0.1, 0.15) is 27.2 Å². The molecule has 2 heterocycles. The molecular weight excluding hydrogens is 272 g/mol. The number of aromatic nitrogens is 1. The van der Waals surface area contributed by atoms with E-state index in [0.717, 1.165) is 17.8 Å². The topological polar surface area (TPSA) is 47.2 Å². The molecule has 1 fully saturated rings. The van der Waals surface area contributed by atoms with Gasteiger partial charge in [0, 0.05) is 25.2 Å². The van der Waals surface area contributed by atoms with E-state index in [1.807, 2.05) is 17.9 Å². The summed E-state index contributed by atoms with van der Waals surface area (Å²) in [5.41, 5.74) is 0. The summed E-state index contributed by atoms with van der Waals surface area (Å²) in [6, 6.07) is 5.26. The van der Waals surface area contributed by atoms with E-state index in [9.17, 15) is 10.0 Å². The minimum absolute atomic E-state index is 0.136. The number of nitrogens with zero attached hydrogens (tertiary/aromatic N) is 2. The van der Waals surface area contributed by atoms with Gasteiger partial charge < -0.3 is 10.1 Å². The van der Waals surface area contributed by atoms with Crippen molar-refractivity contribution < 1.29 is 9.52 Å². The molecule has 0 N–H and O–H groups in total. The Bertz CT molecular complexity index is 471. The average molecular weight is 294 g/mol. The van der Waals surface area contributed by atoms with Crippen LogP contribution in [0, 0.1) is 17.0 Å². The van der Waals surface area contributed by atoms with Crippen molar-refractivity contribution in [3.8, 4) is 0 Å². The predicted octanol–water partition coefficient (Wildman–Crippen LogP) is 2.31. The molecular formula is C15H22N2O2S. The van der Waals surface area contributed by atoms with E-state index in [1.165, 1.54) is 24.4 Å². The Kier molecular flexibility index (Phi) is 4.91. The molecule has 1 aromatic rings. The van der Waals surface area contributed by atoms with Gasteiger partial charge in [-0.3, -0.25) is 4.79 Å². The molecule has 4 nitrogen and oxygen atoms in total. The monoisotopic (exact) mass is 294 g/mol. The second-order valence-corrected chi connectivity index (χ2v) is 7.18. The number of hydrogen-bond donors (Lipinski definition) is 0. The van der Waals surface area contributed by atoms with E-state index in [2.05, 4.69) is 13.8 Å². The lowest BCUT2D eigenvalue weighted by molar-refractivity contribution is -0.645. The number of hydrogen-bond acceptors (Lipinski definition) is 3. The van der Waals surface area contributed by atoms with E-state index >= 15 is 0 Å². The number of likely N-dealkylation sites (tertiary alicyclic amines) is 1. The molecule has 0 aliphatic carbocycles. The summed E-state index contributed by atoms with van der Waals surface area (Å²) < 4.78 is 0.815. The number of carbonyl (C=O) groups is 1. The number of amides is 1. The highest BCUT2D eigenvalue weighted by molar-refractivity contribution is 8.00. The molecule has 0 saturated carbocycles. The second-order valence-electron chi connectivity index (χ2n) is 5.81. The lowest BCUT2D eigenvalue weighted by Crippen LogP contribution is -2.45. The molecule has 5 heteroatoms. The van der Waals surface area contributed by atoms with Gasteiger partial charge in [0.2, 0.25) is 5.91 Å². The van der Waals surface area contributed by atoms with Gasteiger partial charge in [0.25, 0.3) is 5.03 Å². The van der Waals surface area contributed by atoms with Gasteiger partial charge in [-0.2, -0.15) is 4.73 Å². The molecule has 20 heavy (non-hydrogen) atoms. The summed E-state index contributed by atoms with van der Waals surface area (Å²) in [5, 5.41) is 12.0. The molecule has 1 amide bonds. The molecule has 2 rings (SSSR count). The van der Waals surface area contributed by atoms with E-state index in [1.54, 1.807) is 12.1 Å². The molecule has 0 bridgehead atoms. The maximum atomic E-state index is 12.5. The van der Waals surface area contributed by atoms with Crippen LogP contribution in [0.15, 0.2) is 29.4 Å². The van der Waals surface area contributed by atoms with Crippen molar-refractivity contribution in [3.05, 3.63) is 29.6 Å². The quantitative estimate of drug-likeness (QED) is 0.488. The third-order valence-corrected chi connectivity index (χ3v) is 4.73. The minimum atomic E-state index is -0.227. The zero-order valence-electron chi connectivity index (χ0n) is 12.3. The first-order chi connectivity index (χ1) is 9.47. The normalized spacial score (nSPS) is 24.4. The maximum Gasteiger partial charge on any atom is 0.252 e. The molecule has 1 aromatic heterocycles. The summed E-state index contributed by atoms with van der Waals surface area (Å²) in [6.45, 7) is 7.93. The molecule has 0 unspecified atom stereocenters. The van der Waals surface area contributed by atoms with Crippen LogP contribution in [0.4, 0.5) is 0 Å². The molecule has 0 spiro atoms. The maximum absolute atomic E-state index is 12.5. The molecule has 1 saturated heterocycles. The Morgan fingerprint density at radius 3 is 2.65 bits per heavy atom. The van der Waals surface area contributed by atoms with Crippen LogP contribution in [-0.2, 0) is 4.79 Å². The molecule has 0 radical (unpaired) electrons. The van der Waals surface area contributed by atoms with Gasteiger partial charge in [0.05, 0.1) is 5.25 Å². The molecule has 0 aromatic carbocycles. The third-order valence-electron chi connectivity index (χ3n) is 3.61. The Hall–Kier alpha value is -1.23.